The first-order valence-corrected chi connectivity index (χ1v) is 4.58. The molecule has 1 aromatic rings. The van der Waals surface area contributed by atoms with Crippen LogP contribution in [0.5, 0.6) is 0 Å². The van der Waals surface area contributed by atoms with E-state index in [0.717, 1.165) is 11.0 Å². The largest absolute Gasteiger partial charge is 0.256 e. The zero-order valence-electron chi connectivity index (χ0n) is 6.37. The molecule has 0 aliphatic carbocycles. The molecule has 0 saturated heterocycles. The van der Waals surface area contributed by atoms with Crippen LogP contribution in [-0.4, -0.2) is 10.3 Å². The van der Waals surface area contributed by atoms with Gasteiger partial charge in [-0.15, -0.1) is 0 Å². The molecule has 2 nitrogen and oxygen atoms in total. The molecule has 0 radical (unpaired) electrons. The van der Waals surface area contributed by atoms with Crippen molar-refractivity contribution in [3.8, 4) is 6.07 Å². The maximum atomic E-state index is 8.68. The Morgan fingerprint density at radius 3 is 3.17 bits per heavy atom. The van der Waals surface area contributed by atoms with Crippen LogP contribution in [-0.2, 0) is 0 Å². The zero-order valence-corrected chi connectivity index (χ0v) is 7.95. The topological polar surface area (TPSA) is 36.7 Å². The van der Waals surface area contributed by atoms with E-state index in [1.807, 2.05) is 12.2 Å². The van der Waals surface area contributed by atoms with Crippen LogP contribution >= 0.6 is 15.9 Å². The summed E-state index contributed by atoms with van der Waals surface area (Å²) in [6.07, 6.45) is 5.41. The first-order chi connectivity index (χ1) is 5.88. The monoisotopic (exact) mass is 222 g/mol. The molecule has 12 heavy (non-hydrogen) atoms. The van der Waals surface area contributed by atoms with Gasteiger partial charge in [0.1, 0.15) is 6.07 Å². The number of pyridine rings is 1. The minimum absolute atomic E-state index is 0.606. The average molecular weight is 223 g/mol. The smallest absolute Gasteiger partial charge is 0.101 e. The van der Waals surface area contributed by atoms with Crippen LogP contribution in [0, 0.1) is 11.3 Å². The van der Waals surface area contributed by atoms with Gasteiger partial charge in [-0.05, 0) is 18.2 Å². The van der Waals surface area contributed by atoms with Crippen LogP contribution in [0.25, 0.3) is 6.08 Å². The van der Waals surface area contributed by atoms with Gasteiger partial charge in [0.15, 0.2) is 0 Å². The fourth-order valence-corrected chi connectivity index (χ4v) is 0.988. The van der Waals surface area contributed by atoms with Crippen LogP contribution in [0.15, 0.2) is 24.4 Å². The minimum atomic E-state index is 0.606. The molecule has 1 rings (SSSR count). The van der Waals surface area contributed by atoms with E-state index in [2.05, 4.69) is 27.0 Å². The summed E-state index contributed by atoms with van der Waals surface area (Å²) in [6.45, 7) is 0. The Bertz CT molecular complexity index is 326. The Kier molecular flexibility index (Phi) is 3.49. The van der Waals surface area contributed by atoms with Gasteiger partial charge in [0.2, 0.25) is 0 Å². The molecule has 0 fully saturated rings. The standard InChI is InChI=1S/C9H7BrN2/c10-5-1-4-9-8(7-11)3-2-6-12-9/h1-4,6H,5H2. The molecule has 0 aromatic carbocycles. The van der Waals surface area contributed by atoms with Gasteiger partial charge in [-0.25, -0.2) is 0 Å². The predicted molar refractivity (Wildman–Crippen MR) is 51.8 cm³/mol. The van der Waals surface area contributed by atoms with Gasteiger partial charge in [-0.2, -0.15) is 5.26 Å². The molecular weight excluding hydrogens is 216 g/mol. The second-order valence-electron chi connectivity index (χ2n) is 2.10. The summed E-state index contributed by atoms with van der Waals surface area (Å²) in [5.41, 5.74) is 1.33. The summed E-state index contributed by atoms with van der Waals surface area (Å²) in [4.78, 5) is 4.06. The van der Waals surface area contributed by atoms with E-state index in [4.69, 9.17) is 5.26 Å². The van der Waals surface area contributed by atoms with Crippen molar-refractivity contribution in [1.29, 1.82) is 5.26 Å². The van der Waals surface area contributed by atoms with E-state index in [1.54, 1.807) is 18.3 Å². The van der Waals surface area contributed by atoms with Gasteiger partial charge in [0.25, 0.3) is 0 Å². The number of alkyl halides is 1. The fourth-order valence-electron chi connectivity index (χ4n) is 0.801. The van der Waals surface area contributed by atoms with Crippen molar-refractivity contribution in [2.45, 2.75) is 0 Å². The number of nitriles is 1. The predicted octanol–water partition coefficient (Wildman–Crippen LogP) is 2.36. The summed E-state index contributed by atoms with van der Waals surface area (Å²) in [7, 11) is 0. The highest BCUT2D eigenvalue weighted by atomic mass is 79.9. The molecular formula is C9H7BrN2. The number of hydrogen-bond acceptors (Lipinski definition) is 2. The van der Waals surface area contributed by atoms with Crippen molar-refractivity contribution < 1.29 is 0 Å². The molecule has 60 valence electrons. The summed E-state index contributed by atoms with van der Waals surface area (Å²) in [5.74, 6) is 0. The van der Waals surface area contributed by atoms with Crippen molar-refractivity contribution in [3.63, 3.8) is 0 Å². The molecule has 0 N–H and O–H groups in total. The first kappa shape index (κ1) is 8.95. The van der Waals surface area contributed by atoms with E-state index in [1.165, 1.54) is 0 Å². The molecule has 0 spiro atoms. The van der Waals surface area contributed by atoms with Crippen LogP contribution < -0.4 is 0 Å². The van der Waals surface area contributed by atoms with Crippen LogP contribution in [0.4, 0.5) is 0 Å². The fraction of sp³-hybridized carbons (Fsp3) is 0.111. The second-order valence-corrected chi connectivity index (χ2v) is 2.75. The molecule has 0 unspecified atom stereocenters. The Hall–Kier alpha value is -1.14. The van der Waals surface area contributed by atoms with E-state index in [0.29, 0.717) is 5.56 Å². The third-order valence-corrected chi connectivity index (χ3v) is 1.70. The lowest BCUT2D eigenvalue weighted by atomic mass is 10.2. The minimum Gasteiger partial charge on any atom is -0.256 e. The van der Waals surface area contributed by atoms with Gasteiger partial charge in [-0.3, -0.25) is 4.98 Å². The van der Waals surface area contributed by atoms with E-state index < -0.39 is 0 Å². The molecule has 0 atom stereocenters. The van der Waals surface area contributed by atoms with Crippen molar-refractivity contribution in [2.75, 3.05) is 5.33 Å². The molecule has 0 bridgehead atoms. The number of aromatic nitrogens is 1. The maximum Gasteiger partial charge on any atom is 0.101 e. The van der Waals surface area contributed by atoms with Crippen LogP contribution in [0.3, 0.4) is 0 Å². The number of hydrogen-bond donors (Lipinski definition) is 0. The molecule has 1 aromatic heterocycles. The quantitative estimate of drug-likeness (QED) is 0.721. The van der Waals surface area contributed by atoms with E-state index in [-0.39, 0.29) is 0 Å². The highest BCUT2D eigenvalue weighted by Gasteiger charge is 1.95. The molecule has 1 heterocycles. The Morgan fingerprint density at radius 2 is 2.50 bits per heavy atom. The van der Waals surface area contributed by atoms with Crippen LogP contribution in [0.2, 0.25) is 0 Å². The first-order valence-electron chi connectivity index (χ1n) is 3.46. The van der Waals surface area contributed by atoms with Crippen molar-refractivity contribution in [1.82, 2.24) is 4.98 Å². The number of halogens is 1. The highest BCUT2D eigenvalue weighted by Crippen LogP contribution is 2.05. The van der Waals surface area contributed by atoms with Gasteiger partial charge in [0.05, 0.1) is 11.3 Å². The number of allylic oxidation sites excluding steroid dienone is 1. The molecule has 0 aliphatic heterocycles. The average Bonchev–Trinajstić information content (AvgIpc) is 2.15. The van der Waals surface area contributed by atoms with Crippen molar-refractivity contribution in [3.05, 3.63) is 35.7 Å². The summed E-state index contributed by atoms with van der Waals surface area (Å²) >= 11 is 3.26. The lowest BCUT2D eigenvalue weighted by molar-refractivity contribution is 1.27. The summed E-state index contributed by atoms with van der Waals surface area (Å²) in [5, 5.41) is 9.45. The SMILES string of the molecule is N#Cc1cccnc1C=CCBr. The van der Waals surface area contributed by atoms with Crippen molar-refractivity contribution in [2.24, 2.45) is 0 Å². The Labute approximate surface area is 79.7 Å². The number of nitrogens with zero attached hydrogens (tertiary/aromatic N) is 2. The highest BCUT2D eigenvalue weighted by molar-refractivity contribution is 9.09. The number of rotatable bonds is 2. The molecule has 3 heteroatoms. The third-order valence-electron chi connectivity index (χ3n) is 1.32. The summed E-state index contributed by atoms with van der Waals surface area (Å²) in [6, 6.07) is 5.58. The molecule has 0 aliphatic rings. The third kappa shape index (κ3) is 2.18. The van der Waals surface area contributed by atoms with Gasteiger partial charge in [-0.1, -0.05) is 22.0 Å². The normalized spacial score (nSPS) is 10.0. The van der Waals surface area contributed by atoms with Crippen molar-refractivity contribution >= 4 is 22.0 Å². The van der Waals surface area contributed by atoms with Gasteiger partial charge >= 0.3 is 0 Å². The lowest BCUT2D eigenvalue weighted by Gasteiger charge is -1.93. The van der Waals surface area contributed by atoms with Gasteiger partial charge < -0.3 is 0 Å². The second kappa shape index (κ2) is 4.68. The zero-order chi connectivity index (χ0) is 8.81. The Morgan fingerprint density at radius 1 is 1.67 bits per heavy atom. The lowest BCUT2D eigenvalue weighted by Crippen LogP contribution is -1.85. The Balaban J connectivity index is 2.99. The van der Waals surface area contributed by atoms with Gasteiger partial charge in [0, 0.05) is 11.5 Å². The van der Waals surface area contributed by atoms with Crippen LogP contribution in [0.1, 0.15) is 11.3 Å². The maximum absolute atomic E-state index is 8.68. The summed E-state index contributed by atoms with van der Waals surface area (Å²) < 4.78 is 0. The van der Waals surface area contributed by atoms with E-state index in [9.17, 15) is 0 Å². The van der Waals surface area contributed by atoms with E-state index >= 15 is 0 Å². The molecule has 0 amide bonds. The molecule has 0 saturated carbocycles.